The molecule has 0 unspecified atom stereocenters. The average Bonchev–Trinajstić information content (AvgIpc) is 3.41. The Bertz CT molecular complexity index is 667. The highest BCUT2D eigenvalue weighted by Gasteiger charge is 2.62. The topological polar surface area (TPSA) is 32.3 Å². The van der Waals surface area contributed by atoms with Gasteiger partial charge in [-0.05, 0) is 74.0 Å². The summed E-state index contributed by atoms with van der Waals surface area (Å²) in [6, 6.07) is 1.55. The number of allylic oxidation sites excluding steroid dienone is 2. The fourth-order valence-corrected chi connectivity index (χ4v) is 8.09. The van der Waals surface area contributed by atoms with Gasteiger partial charge in [-0.2, -0.15) is 0 Å². The minimum Gasteiger partial charge on any atom is -0.319 e. The number of carbonyl (C=O) groups excluding carboxylic acids is 1. The molecule has 0 aromatic rings. The van der Waals surface area contributed by atoms with Gasteiger partial charge in [0.05, 0.1) is 0 Å². The second kappa shape index (κ2) is 6.08. The Hall–Kier alpha value is -0.830. The number of carbonyl (C=O) groups is 1. The fourth-order valence-electron chi connectivity index (χ4n) is 8.09. The molecule has 4 aliphatic carbocycles. The number of piperidine rings is 1. The number of hydrogen-bond acceptors (Lipinski definition) is 2. The van der Waals surface area contributed by atoms with Crippen LogP contribution in [0.15, 0.2) is 11.8 Å². The number of nitrogens with one attached hydrogen (secondary N) is 1. The van der Waals surface area contributed by atoms with Gasteiger partial charge >= 0.3 is 0 Å². The molecule has 7 atom stereocenters. The lowest BCUT2D eigenvalue weighted by Gasteiger charge is -2.59. The molecular formula is C24H38N2O. The summed E-state index contributed by atoms with van der Waals surface area (Å²) < 4.78 is 0. The number of nitrogens with zero attached hydrogens (tertiary/aromatic N) is 1. The first-order valence-electron chi connectivity index (χ1n) is 11.6. The summed E-state index contributed by atoms with van der Waals surface area (Å²) in [7, 11) is 2.01. The number of rotatable bonds is 3. The molecule has 3 heteroatoms. The number of likely N-dealkylation sites (tertiary alicyclic amines) is 1. The van der Waals surface area contributed by atoms with E-state index in [1.54, 1.807) is 0 Å². The van der Waals surface area contributed by atoms with Crippen molar-refractivity contribution in [2.45, 2.75) is 90.6 Å². The van der Waals surface area contributed by atoms with E-state index in [0.717, 1.165) is 48.6 Å². The molecule has 0 radical (unpaired) electrons. The van der Waals surface area contributed by atoms with Crippen LogP contribution in [0.5, 0.6) is 0 Å². The molecule has 3 nitrogen and oxygen atoms in total. The van der Waals surface area contributed by atoms with Crippen LogP contribution in [0.4, 0.5) is 0 Å². The quantitative estimate of drug-likeness (QED) is 0.779. The zero-order chi connectivity index (χ0) is 19.0. The molecule has 1 heterocycles. The van der Waals surface area contributed by atoms with Gasteiger partial charge in [0, 0.05) is 36.7 Å². The molecular weight excluding hydrogens is 332 g/mol. The van der Waals surface area contributed by atoms with E-state index in [0.29, 0.717) is 11.3 Å². The normalized spacial score (nSPS) is 49.3. The SMILES string of the molecule is CC[C@@H]1C[C@H](NC2CC2)[C@@]2(C)CC[C@H]3[C@@H](CC=C4N(C)C(=O)CC[C@@]43C)[C@H]12. The number of hydrogen-bond donors (Lipinski definition) is 1. The third-order valence-electron chi connectivity index (χ3n) is 9.70. The van der Waals surface area contributed by atoms with Crippen LogP contribution in [0.1, 0.15) is 78.6 Å². The Morgan fingerprint density at radius 3 is 2.70 bits per heavy atom. The van der Waals surface area contributed by atoms with E-state index in [2.05, 4.69) is 32.2 Å². The highest BCUT2D eigenvalue weighted by molar-refractivity contribution is 5.79. The molecule has 150 valence electrons. The Labute approximate surface area is 165 Å². The summed E-state index contributed by atoms with van der Waals surface area (Å²) in [4.78, 5) is 14.3. The first kappa shape index (κ1) is 18.2. The van der Waals surface area contributed by atoms with Gasteiger partial charge in [-0.3, -0.25) is 4.79 Å². The maximum atomic E-state index is 12.3. The van der Waals surface area contributed by atoms with Crippen LogP contribution in [0, 0.1) is 34.5 Å². The third kappa shape index (κ3) is 2.52. The Kier molecular flexibility index (Phi) is 4.10. The van der Waals surface area contributed by atoms with Crippen LogP contribution in [0.25, 0.3) is 0 Å². The summed E-state index contributed by atoms with van der Waals surface area (Å²) >= 11 is 0. The van der Waals surface area contributed by atoms with Crippen molar-refractivity contribution in [3.05, 3.63) is 11.8 Å². The molecule has 1 saturated heterocycles. The molecule has 1 N–H and O–H groups in total. The monoisotopic (exact) mass is 370 g/mol. The zero-order valence-electron chi connectivity index (χ0n) is 17.8. The van der Waals surface area contributed by atoms with Gasteiger partial charge < -0.3 is 10.2 Å². The van der Waals surface area contributed by atoms with Crippen molar-refractivity contribution in [2.24, 2.45) is 34.5 Å². The lowest BCUT2D eigenvalue weighted by Crippen LogP contribution is -2.56. The lowest BCUT2D eigenvalue weighted by molar-refractivity contribution is -0.136. The minimum absolute atomic E-state index is 0.215. The second-order valence-corrected chi connectivity index (χ2v) is 10.9. The van der Waals surface area contributed by atoms with E-state index in [9.17, 15) is 4.79 Å². The maximum Gasteiger partial charge on any atom is 0.226 e. The van der Waals surface area contributed by atoms with Gasteiger partial charge in [0.15, 0.2) is 0 Å². The van der Waals surface area contributed by atoms with Crippen LogP contribution < -0.4 is 5.32 Å². The maximum absolute atomic E-state index is 12.3. The van der Waals surface area contributed by atoms with Gasteiger partial charge in [-0.25, -0.2) is 0 Å². The van der Waals surface area contributed by atoms with Crippen LogP contribution in [0.2, 0.25) is 0 Å². The predicted molar refractivity (Wildman–Crippen MR) is 109 cm³/mol. The molecule has 5 rings (SSSR count). The van der Waals surface area contributed by atoms with Gasteiger partial charge in [0.2, 0.25) is 5.91 Å². The van der Waals surface area contributed by atoms with Crippen molar-refractivity contribution in [2.75, 3.05) is 7.05 Å². The van der Waals surface area contributed by atoms with Crippen LogP contribution >= 0.6 is 0 Å². The molecule has 0 aromatic carbocycles. The first-order valence-corrected chi connectivity index (χ1v) is 11.6. The predicted octanol–water partition coefficient (Wildman–Crippen LogP) is 4.73. The second-order valence-electron chi connectivity index (χ2n) is 10.9. The Morgan fingerprint density at radius 1 is 1.22 bits per heavy atom. The molecule has 0 bridgehead atoms. The van der Waals surface area contributed by atoms with E-state index < -0.39 is 0 Å². The average molecular weight is 371 g/mol. The lowest BCUT2D eigenvalue weighted by atomic mass is 9.48. The number of amides is 1. The fraction of sp³-hybridized carbons (Fsp3) is 0.875. The molecule has 4 fully saturated rings. The van der Waals surface area contributed by atoms with Gasteiger partial charge in [0.1, 0.15) is 0 Å². The van der Waals surface area contributed by atoms with Crippen molar-refractivity contribution in [1.82, 2.24) is 10.2 Å². The van der Waals surface area contributed by atoms with E-state index in [1.807, 2.05) is 11.9 Å². The highest BCUT2D eigenvalue weighted by atomic mass is 16.2. The molecule has 1 amide bonds. The van der Waals surface area contributed by atoms with E-state index in [1.165, 1.54) is 50.6 Å². The van der Waals surface area contributed by atoms with E-state index in [-0.39, 0.29) is 5.41 Å². The van der Waals surface area contributed by atoms with Crippen LogP contribution in [0.3, 0.4) is 0 Å². The molecule has 27 heavy (non-hydrogen) atoms. The van der Waals surface area contributed by atoms with E-state index in [4.69, 9.17) is 0 Å². The van der Waals surface area contributed by atoms with E-state index >= 15 is 0 Å². The Balaban J connectivity index is 1.49. The Morgan fingerprint density at radius 2 is 2.00 bits per heavy atom. The first-order chi connectivity index (χ1) is 12.9. The molecule has 3 saturated carbocycles. The van der Waals surface area contributed by atoms with Crippen molar-refractivity contribution >= 4 is 5.91 Å². The minimum atomic E-state index is 0.215. The smallest absolute Gasteiger partial charge is 0.226 e. The summed E-state index contributed by atoms with van der Waals surface area (Å²) in [5, 5.41) is 4.06. The molecule has 0 aromatic heterocycles. The van der Waals surface area contributed by atoms with Crippen molar-refractivity contribution in [3.63, 3.8) is 0 Å². The van der Waals surface area contributed by atoms with Crippen LogP contribution in [-0.2, 0) is 4.79 Å². The van der Waals surface area contributed by atoms with Crippen molar-refractivity contribution in [1.29, 1.82) is 0 Å². The molecule has 5 aliphatic rings. The summed E-state index contributed by atoms with van der Waals surface area (Å²) in [6.45, 7) is 7.53. The summed E-state index contributed by atoms with van der Waals surface area (Å²) in [5.74, 6) is 3.63. The van der Waals surface area contributed by atoms with Gasteiger partial charge in [-0.15, -0.1) is 0 Å². The molecule has 1 aliphatic heterocycles. The zero-order valence-corrected chi connectivity index (χ0v) is 17.8. The number of fused-ring (bicyclic) bond motifs is 5. The van der Waals surface area contributed by atoms with Gasteiger partial charge in [-0.1, -0.05) is 33.3 Å². The summed E-state index contributed by atoms with van der Waals surface area (Å²) in [5.41, 5.74) is 2.04. The largest absolute Gasteiger partial charge is 0.319 e. The highest BCUT2D eigenvalue weighted by Crippen LogP contribution is 2.66. The molecule has 0 spiro atoms. The van der Waals surface area contributed by atoms with Crippen LogP contribution in [-0.4, -0.2) is 29.9 Å². The standard InChI is InChI=1S/C24H38N2O/c1-5-15-14-19(25-16-6-7-16)24(3)12-10-18-17(22(15)24)8-9-20-23(18,2)13-11-21(27)26(20)4/h9,15-19,22,25H,5-8,10-14H2,1-4H3/t15-,17-,18+,19+,22+,23-,24-/m1/s1. The summed E-state index contributed by atoms with van der Waals surface area (Å²) in [6.07, 6.45) is 13.7. The third-order valence-corrected chi connectivity index (χ3v) is 9.70. The van der Waals surface area contributed by atoms with Crippen molar-refractivity contribution < 1.29 is 4.79 Å². The van der Waals surface area contributed by atoms with Gasteiger partial charge in [0.25, 0.3) is 0 Å². The van der Waals surface area contributed by atoms with Crippen molar-refractivity contribution in [3.8, 4) is 0 Å².